The summed E-state index contributed by atoms with van der Waals surface area (Å²) in [6.07, 6.45) is 0.763. The van der Waals surface area contributed by atoms with E-state index in [1.54, 1.807) is 30.9 Å². The number of benzene rings is 1. The van der Waals surface area contributed by atoms with Gasteiger partial charge in [-0.15, -0.1) is 0 Å². The molecule has 1 aromatic rings. The Labute approximate surface area is 349 Å². The van der Waals surface area contributed by atoms with Crippen LogP contribution in [0.2, 0.25) is 0 Å². The molecule has 1 aliphatic heterocycles. The topological polar surface area (TPSA) is 160 Å². The zero-order valence-corrected chi connectivity index (χ0v) is 38.3. The van der Waals surface area contributed by atoms with Crippen molar-refractivity contribution in [3.63, 3.8) is 0 Å². The van der Waals surface area contributed by atoms with E-state index in [4.69, 9.17) is 9.47 Å². The van der Waals surface area contributed by atoms with E-state index in [0.29, 0.717) is 19.4 Å². The van der Waals surface area contributed by atoms with E-state index >= 15 is 0 Å². The molecule has 1 aromatic carbocycles. The molecule has 1 fully saturated rings. The molecule has 2 rings (SSSR count). The summed E-state index contributed by atoms with van der Waals surface area (Å²) in [5.74, 6) is -3.83. The summed E-state index contributed by atoms with van der Waals surface area (Å²) >= 11 is 0. The minimum atomic E-state index is -3.85. The van der Waals surface area contributed by atoms with E-state index in [2.05, 4.69) is 4.72 Å². The predicted molar refractivity (Wildman–Crippen MR) is 227 cm³/mol. The van der Waals surface area contributed by atoms with Crippen molar-refractivity contribution in [2.24, 2.45) is 35.5 Å². The average Bonchev–Trinajstić information content (AvgIpc) is 3.65. The fraction of sp³-hybridized carbons (Fsp3) is 0.750. The molecule has 1 heterocycles. The lowest BCUT2D eigenvalue weighted by molar-refractivity contribution is -0.149. The smallest absolute Gasteiger partial charge is 0.237 e. The van der Waals surface area contributed by atoms with Crippen molar-refractivity contribution in [1.29, 1.82) is 0 Å². The van der Waals surface area contributed by atoms with Crippen LogP contribution in [0.3, 0.4) is 0 Å². The number of hydrogen-bond acceptors (Lipinski definition) is 10. The second-order valence-corrected chi connectivity index (χ2v) is 19.2. The van der Waals surface area contributed by atoms with Crippen LogP contribution in [0, 0.1) is 35.5 Å². The quantitative estimate of drug-likeness (QED) is 0.142. The Morgan fingerprint density at radius 1 is 0.862 bits per heavy atom. The molecule has 0 aromatic heterocycles. The number of nitrogens with zero attached hydrogens (tertiary/aromatic N) is 3. The number of nitrogens with one attached hydrogen (secondary N) is 1. The van der Waals surface area contributed by atoms with Crippen molar-refractivity contribution >= 4 is 39.3 Å². The maximum Gasteiger partial charge on any atom is 0.237 e. The first-order chi connectivity index (χ1) is 27.2. The van der Waals surface area contributed by atoms with Crippen molar-refractivity contribution in [2.45, 2.75) is 131 Å². The maximum atomic E-state index is 14.3. The fourth-order valence-electron chi connectivity index (χ4n) is 8.70. The molecule has 0 unspecified atom stereocenters. The number of likely N-dealkylation sites (tertiary alicyclic amines) is 1. The Balaban J connectivity index is 2.33. The summed E-state index contributed by atoms with van der Waals surface area (Å²) < 4.78 is 38.8. The molecular weight excluding hydrogens is 761 g/mol. The van der Waals surface area contributed by atoms with Gasteiger partial charge in [0.2, 0.25) is 27.7 Å². The maximum absolute atomic E-state index is 14.3. The van der Waals surface area contributed by atoms with Crippen molar-refractivity contribution in [3.05, 3.63) is 35.9 Å². The third kappa shape index (κ3) is 13.9. The molecule has 9 atom stereocenters. The highest BCUT2D eigenvalue weighted by molar-refractivity contribution is 7.90. The van der Waals surface area contributed by atoms with Crippen LogP contribution >= 0.6 is 0 Å². The zero-order valence-electron chi connectivity index (χ0n) is 37.5. The molecule has 0 bridgehead atoms. The van der Waals surface area contributed by atoms with E-state index in [0.717, 1.165) is 12.0 Å². The summed E-state index contributed by atoms with van der Waals surface area (Å²) in [7, 11) is 4.72. The standard InChI is InChI=1S/C44H74N4O9S/c1-14-30(7)41(47(11)44(53)34(28(3)4)26-37(50)40(29(5)6)46(9)10)38(56-12)27-39(51)48-23-19-22-35(48)42(57-13)31(8)36(49)25-33(24-32-20-17-16-18-21-32)43(52)45-58(54,55)15-2/h16-18,20-21,28-31,33-35,38,40-42H,14-15,19,22-27H2,1-13H3,(H,45,52)/t30-,31-,33+,34-,35-,38+,40-,41-,42+/m0/s1. The first-order valence-corrected chi connectivity index (χ1v) is 22.7. The first kappa shape index (κ1) is 50.9. The monoisotopic (exact) mass is 835 g/mol. The van der Waals surface area contributed by atoms with Crippen LogP contribution < -0.4 is 4.72 Å². The lowest BCUT2D eigenvalue weighted by atomic mass is 9.83. The van der Waals surface area contributed by atoms with Crippen LogP contribution in [-0.2, 0) is 49.9 Å². The van der Waals surface area contributed by atoms with Crippen LogP contribution in [0.5, 0.6) is 0 Å². The van der Waals surface area contributed by atoms with Gasteiger partial charge in [0.25, 0.3) is 0 Å². The molecule has 1 N–H and O–H groups in total. The minimum absolute atomic E-state index is 0.00899. The molecular formula is C44H74N4O9S. The van der Waals surface area contributed by atoms with Gasteiger partial charge >= 0.3 is 0 Å². The van der Waals surface area contributed by atoms with Crippen molar-refractivity contribution in [3.8, 4) is 0 Å². The summed E-state index contributed by atoms with van der Waals surface area (Å²) in [5.41, 5.74) is 0.793. The predicted octanol–water partition coefficient (Wildman–Crippen LogP) is 5.01. The third-order valence-electron chi connectivity index (χ3n) is 12.2. The van der Waals surface area contributed by atoms with E-state index in [-0.39, 0.29) is 78.6 Å². The number of carbonyl (C=O) groups is 5. The highest BCUT2D eigenvalue weighted by Gasteiger charge is 2.43. The molecule has 0 saturated carbocycles. The van der Waals surface area contributed by atoms with Gasteiger partial charge in [-0.3, -0.25) is 33.6 Å². The van der Waals surface area contributed by atoms with E-state index < -0.39 is 58.0 Å². The fourth-order valence-corrected chi connectivity index (χ4v) is 9.31. The number of amides is 3. The second-order valence-electron chi connectivity index (χ2n) is 17.2. The molecule has 0 spiro atoms. The van der Waals surface area contributed by atoms with Crippen molar-refractivity contribution in [2.75, 3.05) is 47.7 Å². The van der Waals surface area contributed by atoms with Gasteiger partial charge in [-0.25, -0.2) is 8.42 Å². The zero-order chi connectivity index (χ0) is 44.1. The molecule has 0 radical (unpaired) electrons. The summed E-state index contributed by atoms with van der Waals surface area (Å²) in [6.45, 7) is 15.6. The second kappa shape index (κ2) is 23.6. The highest BCUT2D eigenvalue weighted by atomic mass is 32.2. The summed E-state index contributed by atoms with van der Waals surface area (Å²) in [6, 6.07) is 7.93. The Hall–Kier alpha value is -3.20. The number of rotatable bonds is 25. The van der Waals surface area contributed by atoms with E-state index in [1.165, 1.54) is 14.0 Å². The Morgan fingerprint density at radius 3 is 1.98 bits per heavy atom. The summed E-state index contributed by atoms with van der Waals surface area (Å²) in [4.78, 5) is 74.8. The number of hydrogen-bond donors (Lipinski definition) is 1. The highest BCUT2D eigenvalue weighted by Crippen LogP contribution is 2.32. The lowest BCUT2D eigenvalue weighted by Gasteiger charge is -2.41. The number of ether oxygens (including phenoxy) is 2. The molecule has 58 heavy (non-hydrogen) atoms. The van der Waals surface area contributed by atoms with Crippen LogP contribution in [0.15, 0.2) is 30.3 Å². The third-order valence-corrected chi connectivity index (χ3v) is 13.5. The number of Topliss-reactive ketones (excluding diaryl/α,β-unsaturated/α-hetero) is 2. The Kier molecular flexibility index (Phi) is 20.7. The minimum Gasteiger partial charge on any atom is -0.379 e. The van der Waals surface area contributed by atoms with E-state index in [1.807, 2.05) is 90.9 Å². The van der Waals surface area contributed by atoms with Gasteiger partial charge in [0.05, 0.1) is 42.5 Å². The van der Waals surface area contributed by atoms with Crippen LogP contribution in [-0.4, -0.2) is 130 Å². The van der Waals surface area contributed by atoms with Crippen molar-refractivity contribution < 1.29 is 41.9 Å². The van der Waals surface area contributed by atoms with Crippen molar-refractivity contribution in [1.82, 2.24) is 19.4 Å². The largest absolute Gasteiger partial charge is 0.379 e. The van der Waals surface area contributed by atoms with Gasteiger partial charge < -0.3 is 19.3 Å². The average molecular weight is 835 g/mol. The van der Waals surface area contributed by atoms with Gasteiger partial charge in [0, 0.05) is 58.4 Å². The number of methoxy groups -OCH3 is 2. The summed E-state index contributed by atoms with van der Waals surface area (Å²) in [5, 5.41) is 0. The molecule has 330 valence electrons. The Morgan fingerprint density at radius 2 is 1.48 bits per heavy atom. The number of sulfonamides is 1. The first-order valence-electron chi connectivity index (χ1n) is 21.1. The number of likely N-dealkylation sites (N-methyl/N-ethyl adjacent to an activating group) is 2. The molecule has 3 amide bonds. The van der Waals surface area contributed by atoms with Crippen LogP contribution in [0.1, 0.15) is 99.5 Å². The molecule has 13 nitrogen and oxygen atoms in total. The Bertz CT molecular complexity index is 1590. The van der Waals surface area contributed by atoms with Gasteiger partial charge in [0.1, 0.15) is 5.78 Å². The van der Waals surface area contributed by atoms with Crippen LogP contribution in [0.4, 0.5) is 0 Å². The normalized spacial score (nSPS) is 19.0. The van der Waals surface area contributed by atoms with E-state index in [9.17, 15) is 32.4 Å². The molecule has 1 aliphatic rings. The molecule has 0 aliphatic carbocycles. The SMILES string of the molecule is CC[C@H](C)[C@@H]([C@@H](CC(=O)N1CCC[C@H]1[C@H](OC)[C@@H](C)C(=O)C[C@@H](Cc1ccccc1)C(=O)NS(=O)(=O)CC)OC)N(C)C(=O)[C@@H](CC(=O)[C@H](C(C)C)N(C)C)C(C)C. The van der Waals surface area contributed by atoms with Gasteiger partial charge in [-0.1, -0.05) is 85.2 Å². The lowest BCUT2D eigenvalue weighted by Crippen LogP contribution is -2.54. The number of ketones is 2. The van der Waals surface area contributed by atoms with Gasteiger partial charge in [-0.05, 0) is 63.6 Å². The van der Waals surface area contributed by atoms with Crippen LogP contribution in [0.25, 0.3) is 0 Å². The van der Waals surface area contributed by atoms with Gasteiger partial charge in [-0.2, -0.15) is 0 Å². The molecule has 14 heteroatoms. The van der Waals surface area contributed by atoms with Gasteiger partial charge in [0.15, 0.2) is 5.78 Å². The molecule has 1 saturated heterocycles. The number of carbonyl (C=O) groups excluding carboxylic acids is 5.